The largest absolute Gasteiger partial charge is 0.490 e. The molecule has 0 amide bonds. The minimum absolute atomic E-state index is 0.0340. The second-order valence-corrected chi connectivity index (χ2v) is 4.67. The molecular formula is C12H13N3O3S. The zero-order chi connectivity index (χ0) is 13.8. The van der Waals surface area contributed by atoms with E-state index in [0.29, 0.717) is 6.54 Å². The summed E-state index contributed by atoms with van der Waals surface area (Å²) < 4.78 is 5.05. The van der Waals surface area contributed by atoms with Crippen molar-refractivity contribution in [2.75, 3.05) is 19.1 Å². The predicted octanol–water partition coefficient (Wildman–Crippen LogP) is 2.70. The van der Waals surface area contributed by atoms with Crippen LogP contribution in [0.3, 0.4) is 0 Å². The normalized spacial score (nSPS) is 10.2. The molecule has 1 aromatic heterocycles. The Morgan fingerprint density at radius 1 is 1.53 bits per heavy atom. The van der Waals surface area contributed by atoms with Crippen LogP contribution in [0, 0.1) is 10.1 Å². The molecule has 1 heterocycles. The van der Waals surface area contributed by atoms with E-state index in [1.54, 1.807) is 17.6 Å². The van der Waals surface area contributed by atoms with Crippen LogP contribution in [0.5, 0.6) is 5.75 Å². The van der Waals surface area contributed by atoms with E-state index in [0.717, 1.165) is 11.4 Å². The molecule has 0 N–H and O–H groups in total. The van der Waals surface area contributed by atoms with Gasteiger partial charge in [-0.05, 0) is 6.07 Å². The molecule has 0 fully saturated rings. The zero-order valence-corrected chi connectivity index (χ0v) is 11.4. The maximum atomic E-state index is 10.8. The van der Waals surface area contributed by atoms with Gasteiger partial charge >= 0.3 is 5.69 Å². The third kappa shape index (κ3) is 3.00. The maximum Gasteiger partial charge on any atom is 0.311 e. The Balaban J connectivity index is 2.23. The van der Waals surface area contributed by atoms with Gasteiger partial charge in [0.1, 0.15) is 0 Å². The molecule has 0 saturated heterocycles. The molecule has 0 saturated carbocycles. The molecule has 2 rings (SSSR count). The van der Waals surface area contributed by atoms with Gasteiger partial charge in [0.25, 0.3) is 0 Å². The highest BCUT2D eigenvalue weighted by Crippen LogP contribution is 2.31. The number of thiazole rings is 1. The summed E-state index contributed by atoms with van der Waals surface area (Å²) in [6.45, 7) is 0.643. The van der Waals surface area contributed by atoms with Crippen LogP contribution >= 0.6 is 11.3 Å². The number of hydrogen-bond donors (Lipinski definition) is 0. The number of methoxy groups -OCH3 is 1. The fraction of sp³-hybridized carbons (Fsp3) is 0.250. The lowest BCUT2D eigenvalue weighted by molar-refractivity contribution is -0.385. The van der Waals surface area contributed by atoms with Crippen LogP contribution in [0.15, 0.2) is 29.1 Å². The van der Waals surface area contributed by atoms with Gasteiger partial charge in [0.2, 0.25) is 0 Å². The van der Waals surface area contributed by atoms with Crippen molar-refractivity contribution in [2.45, 2.75) is 6.54 Å². The number of hydrogen-bond acceptors (Lipinski definition) is 6. The summed E-state index contributed by atoms with van der Waals surface area (Å²) in [4.78, 5) is 16.5. The lowest BCUT2D eigenvalue weighted by Gasteiger charge is -2.18. The molecule has 100 valence electrons. The monoisotopic (exact) mass is 279 g/mol. The molecule has 2 aromatic rings. The van der Waals surface area contributed by atoms with Crippen LogP contribution in [0.1, 0.15) is 5.69 Å². The maximum absolute atomic E-state index is 10.8. The van der Waals surface area contributed by atoms with Crippen LogP contribution in [-0.4, -0.2) is 24.1 Å². The van der Waals surface area contributed by atoms with Crippen molar-refractivity contribution in [3.63, 3.8) is 0 Å². The summed E-state index contributed by atoms with van der Waals surface area (Å²) in [6, 6.07) is 4.81. The van der Waals surface area contributed by atoms with Gasteiger partial charge in [-0.25, -0.2) is 4.98 Å². The second kappa shape index (κ2) is 5.66. The predicted molar refractivity (Wildman–Crippen MR) is 73.9 cm³/mol. The fourth-order valence-electron chi connectivity index (χ4n) is 1.70. The summed E-state index contributed by atoms with van der Waals surface area (Å²) in [5.41, 5.74) is 3.55. The lowest BCUT2D eigenvalue weighted by Crippen LogP contribution is -2.16. The molecule has 19 heavy (non-hydrogen) atoms. The number of benzene rings is 1. The third-order valence-electron chi connectivity index (χ3n) is 2.68. The molecule has 0 radical (unpaired) electrons. The fourth-order valence-corrected chi connectivity index (χ4v) is 2.25. The van der Waals surface area contributed by atoms with Gasteiger partial charge in [-0.15, -0.1) is 11.3 Å². The highest BCUT2D eigenvalue weighted by atomic mass is 32.1. The van der Waals surface area contributed by atoms with Crippen molar-refractivity contribution in [3.8, 4) is 5.75 Å². The van der Waals surface area contributed by atoms with Gasteiger partial charge in [0.05, 0.1) is 29.8 Å². The Labute approximate surface area is 114 Å². The Bertz CT molecular complexity index is 572. The quantitative estimate of drug-likeness (QED) is 0.621. The van der Waals surface area contributed by atoms with E-state index >= 15 is 0 Å². The number of aromatic nitrogens is 1. The van der Waals surface area contributed by atoms with E-state index in [4.69, 9.17) is 4.74 Å². The molecule has 0 aliphatic rings. The van der Waals surface area contributed by atoms with Crippen LogP contribution in [0.2, 0.25) is 0 Å². The first-order valence-electron chi connectivity index (χ1n) is 5.52. The zero-order valence-electron chi connectivity index (χ0n) is 10.6. The number of anilines is 1. The highest BCUT2D eigenvalue weighted by Gasteiger charge is 2.16. The number of ether oxygens (including phenoxy) is 1. The molecule has 0 aliphatic carbocycles. The third-order valence-corrected chi connectivity index (χ3v) is 3.32. The van der Waals surface area contributed by atoms with Crippen LogP contribution in [-0.2, 0) is 6.54 Å². The second-order valence-electron chi connectivity index (χ2n) is 3.95. The molecular weight excluding hydrogens is 266 g/mol. The highest BCUT2D eigenvalue weighted by molar-refractivity contribution is 7.07. The van der Waals surface area contributed by atoms with Crippen molar-refractivity contribution < 1.29 is 9.66 Å². The number of nitro benzene ring substituents is 1. The summed E-state index contributed by atoms with van der Waals surface area (Å²) in [7, 11) is 3.33. The van der Waals surface area contributed by atoms with Crippen molar-refractivity contribution in [3.05, 3.63) is 44.9 Å². The van der Waals surface area contributed by atoms with Crippen LogP contribution in [0.25, 0.3) is 0 Å². The van der Waals surface area contributed by atoms with Gasteiger partial charge in [-0.1, -0.05) is 0 Å². The van der Waals surface area contributed by atoms with E-state index in [2.05, 4.69) is 4.98 Å². The smallest absolute Gasteiger partial charge is 0.311 e. The Kier molecular flexibility index (Phi) is 3.96. The topological polar surface area (TPSA) is 68.5 Å². The van der Waals surface area contributed by atoms with Crippen LogP contribution < -0.4 is 9.64 Å². The average Bonchev–Trinajstić information content (AvgIpc) is 2.90. The molecule has 0 aliphatic heterocycles. The molecule has 0 bridgehead atoms. The summed E-state index contributed by atoms with van der Waals surface area (Å²) in [5.74, 6) is 0.257. The van der Waals surface area contributed by atoms with E-state index in [1.807, 2.05) is 17.3 Å². The summed E-state index contributed by atoms with van der Waals surface area (Å²) >= 11 is 1.54. The van der Waals surface area contributed by atoms with E-state index in [-0.39, 0.29) is 11.4 Å². The van der Waals surface area contributed by atoms with Crippen molar-refractivity contribution in [2.24, 2.45) is 0 Å². The Hall–Kier alpha value is -2.15. The molecule has 0 unspecified atom stereocenters. The Morgan fingerprint density at radius 3 is 2.89 bits per heavy atom. The van der Waals surface area contributed by atoms with Gasteiger partial charge in [0, 0.05) is 30.2 Å². The van der Waals surface area contributed by atoms with Crippen LogP contribution in [0.4, 0.5) is 11.4 Å². The van der Waals surface area contributed by atoms with Crippen molar-refractivity contribution in [1.82, 2.24) is 4.98 Å². The van der Waals surface area contributed by atoms with Gasteiger partial charge < -0.3 is 9.64 Å². The minimum atomic E-state index is -0.455. The number of rotatable bonds is 5. The standard InChI is InChI=1S/C12H13N3O3S/c1-14(6-9-7-19-8-13-9)10-3-4-11(15(16)17)12(5-10)18-2/h3-5,7-8H,6H2,1-2H3. The number of nitro groups is 1. The van der Waals surface area contributed by atoms with E-state index in [1.165, 1.54) is 24.5 Å². The SMILES string of the molecule is COc1cc(N(C)Cc2cscn2)ccc1[N+](=O)[O-]. The van der Waals surface area contributed by atoms with E-state index in [9.17, 15) is 10.1 Å². The molecule has 1 aromatic carbocycles. The van der Waals surface area contributed by atoms with Gasteiger partial charge in [-0.2, -0.15) is 0 Å². The molecule has 6 nitrogen and oxygen atoms in total. The number of nitrogens with zero attached hydrogens (tertiary/aromatic N) is 3. The average molecular weight is 279 g/mol. The first-order chi connectivity index (χ1) is 9.11. The first kappa shape index (κ1) is 13.3. The molecule has 0 spiro atoms. The summed E-state index contributed by atoms with van der Waals surface area (Å²) in [5, 5.41) is 12.8. The molecule has 7 heteroatoms. The van der Waals surface area contributed by atoms with E-state index < -0.39 is 4.92 Å². The van der Waals surface area contributed by atoms with Crippen molar-refractivity contribution >= 4 is 22.7 Å². The van der Waals surface area contributed by atoms with Crippen molar-refractivity contribution in [1.29, 1.82) is 0 Å². The lowest BCUT2D eigenvalue weighted by atomic mass is 10.2. The first-order valence-corrected chi connectivity index (χ1v) is 6.46. The Morgan fingerprint density at radius 2 is 2.32 bits per heavy atom. The molecule has 0 atom stereocenters. The van der Waals surface area contributed by atoms with Gasteiger partial charge in [-0.3, -0.25) is 10.1 Å². The summed E-state index contributed by atoms with van der Waals surface area (Å²) in [6.07, 6.45) is 0. The minimum Gasteiger partial charge on any atom is -0.490 e. The van der Waals surface area contributed by atoms with Gasteiger partial charge in [0.15, 0.2) is 5.75 Å².